The molecule has 0 radical (unpaired) electrons. The zero-order valence-electron chi connectivity index (χ0n) is 12.4. The Labute approximate surface area is 138 Å². The summed E-state index contributed by atoms with van der Waals surface area (Å²) in [6.45, 7) is 2.46. The molecule has 3 rings (SSSR count). The lowest BCUT2D eigenvalue weighted by Gasteiger charge is -2.08. The third-order valence-corrected chi connectivity index (χ3v) is 3.76. The van der Waals surface area contributed by atoms with E-state index in [1.165, 1.54) is 0 Å². The maximum absolute atomic E-state index is 11.4. The topological polar surface area (TPSA) is 68.0 Å². The summed E-state index contributed by atoms with van der Waals surface area (Å²) in [7, 11) is 0. The van der Waals surface area contributed by atoms with Crippen LogP contribution in [0.3, 0.4) is 0 Å². The number of hydrogen-bond acceptors (Lipinski definition) is 3. The molecule has 5 nitrogen and oxygen atoms in total. The minimum Gasteiger partial charge on any atom is -0.476 e. The number of nitrogens with zero attached hydrogens (tertiary/aromatic N) is 3. The van der Waals surface area contributed by atoms with Crippen LogP contribution >= 0.6 is 11.6 Å². The normalized spacial score (nSPS) is 10.7. The Morgan fingerprint density at radius 1 is 1.13 bits per heavy atom. The minimum absolute atomic E-state index is 0.0700. The number of benzene rings is 2. The number of aromatic carboxylic acids is 1. The molecule has 116 valence electrons. The Hall–Kier alpha value is -2.66. The highest BCUT2D eigenvalue weighted by Crippen LogP contribution is 2.25. The number of halogens is 1. The number of aryl methyl sites for hydroxylation is 1. The maximum Gasteiger partial charge on any atom is 0.358 e. The molecule has 2 aromatic carbocycles. The molecule has 0 atom stereocenters. The lowest BCUT2D eigenvalue weighted by atomic mass is 10.1. The van der Waals surface area contributed by atoms with E-state index in [1.54, 1.807) is 28.9 Å². The monoisotopic (exact) mass is 327 g/mol. The zero-order chi connectivity index (χ0) is 16.4. The fourth-order valence-electron chi connectivity index (χ4n) is 2.33. The number of aromatic nitrogens is 3. The molecule has 1 heterocycles. The van der Waals surface area contributed by atoms with Crippen LogP contribution < -0.4 is 0 Å². The molecule has 3 aromatic rings. The fraction of sp³-hybridized carbons (Fsp3) is 0.118. The van der Waals surface area contributed by atoms with Gasteiger partial charge in [0.05, 0.1) is 6.54 Å². The van der Waals surface area contributed by atoms with Crippen LogP contribution in [0.4, 0.5) is 0 Å². The van der Waals surface area contributed by atoms with Crippen molar-refractivity contribution in [2.75, 3.05) is 0 Å². The highest BCUT2D eigenvalue weighted by atomic mass is 35.5. The average molecular weight is 328 g/mol. The molecule has 23 heavy (non-hydrogen) atoms. The van der Waals surface area contributed by atoms with Crippen LogP contribution in [0, 0.1) is 6.92 Å². The predicted molar refractivity (Wildman–Crippen MR) is 87.7 cm³/mol. The number of rotatable bonds is 4. The Morgan fingerprint density at radius 3 is 2.39 bits per heavy atom. The van der Waals surface area contributed by atoms with E-state index in [1.807, 2.05) is 31.2 Å². The summed E-state index contributed by atoms with van der Waals surface area (Å²) < 4.78 is 1.59. The number of carbonyl (C=O) groups is 1. The van der Waals surface area contributed by atoms with E-state index >= 15 is 0 Å². The van der Waals surface area contributed by atoms with Crippen LogP contribution in [-0.2, 0) is 6.54 Å². The van der Waals surface area contributed by atoms with Gasteiger partial charge in [-0.25, -0.2) is 9.48 Å². The molecule has 0 saturated carbocycles. The first kappa shape index (κ1) is 15.2. The minimum atomic E-state index is -1.11. The van der Waals surface area contributed by atoms with Gasteiger partial charge in [0.1, 0.15) is 5.69 Å². The van der Waals surface area contributed by atoms with Crippen molar-refractivity contribution in [3.63, 3.8) is 0 Å². The third-order valence-electron chi connectivity index (χ3n) is 3.51. The Morgan fingerprint density at radius 2 is 1.78 bits per heavy atom. The van der Waals surface area contributed by atoms with Gasteiger partial charge >= 0.3 is 5.97 Å². The molecule has 6 heteroatoms. The first-order chi connectivity index (χ1) is 11.0. The zero-order valence-corrected chi connectivity index (χ0v) is 13.2. The van der Waals surface area contributed by atoms with Gasteiger partial charge in [0, 0.05) is 10.6 Å². The van der Waals surface area contributed by atoms with E-state index < -0.39 is 5.97 Å². The lowest BCUT2D eigenvalue weighted by molar-refractivity contribution is 0.0691. The van der Waals surface area contributed by atoms with Gasteiger partial charge in [0.2, 0.25) is 0 Å². The van der Waals surface area contributed by atoms with E-state index in [9.17, 15) is 9.90 Å². The second-order valence-corrected chi connectivity index (χ2v) is 5.68. The van der Waals surface area contributed by atoms with Crippen molar-refractivity contribution in [3.05, 3.63) is 70.4 Å². The van der Waals surface area contributed by atoms with Crippen molar-refractivity contribution in [3.8, 4) is 11.3 Å². The molecular formula is C17H14ClN3O2. The van der Waals surface area contributed by atoms with Crippen molar-refractivity contribution in [2.24, 2.45) is 0 Å². The summed E-state index contributed by atoms with van der Waals surface area (Å²) in [5, 5.41) is 17.8. The molecule has 0 aliphatic carbocycles. The quantitative estimate of drug-likeness (QED) is 0.794. The number of hydrogen-bond donors (Lipinski definition) is 1. The van der Waals surface area contributed by atoms with E-state index in [2.05, 4.69) is 10.3 Å². The Bertz CT molecular complexity index is 839. The standard InChI is InChI=1S/C17H14ClN3O2/c1-11-2-4-12(5-3-11)10-21-16(15(17(22)23)19-20-21)13-6-8-14(18)9-7-13/h2-9H,10H2,1H3,(H,22,23). The molecule has 0 bridgehead atoms. The molecule has 0 aliphatic heterocycles. The van der Waals surface area contributed by atoms with Crippen molar-refractivity contribution in [2.45, 2.75) is 13.5 Å². The SMILES string of the molecule is Cc1ccc(Cn2nnc(C(=O)O)c2-c2ccc(Cl)cc2)cc1. The Balaban J connectivity index is 2.05. The number of carboxylic acids is 1. The molecule has 0 saturated heterocycles. The van der Waals surface area contributed by atoms with Gasteiger partial charge in [-0.3, -0.25) is 0 Å². The molecule has 1 aromatic heterocycles. The van der Waals surface area contributed by atoms with Crippen molar-refractivity contribution < 1.29 is 9.90 Å². The highest BCUT2D eigenvalue weighted by molar-refractivity contribution is 6.30. The van der Waals surface area contributed by atoms with Crippen LogP contribution in [0.25, 0.3) is 11.3 Å². The summed E-state index contributed by atoms with van der Waals surface area (Å²) in [4.78, 5) is 11.4. The van der Waals surface area contributed by atoms with Gasteiger partial charge in [-0.2, -0.15) is 0 Å². The second-order valence-electron chi connectivity index (χ2n) is 5.24. The van der Waals surface area contributed by atoms with E-state index in [-0.39, 0.29) is 5.69 Å². The summed E-state index contributed by atoms with van der Waals surface area (Å²) in [6.07, 6.45) is 0. The molecule has 0 unspecified atom stereocenters. The van der Waals surface area contributed by atoms with Gasteiger partial charge in [-0.05, 0) is 24.6 Å². The van der Waals surface area contributed by atoms with Crippen molar-refractivity contribution in [1.29, 1.82) is 0 Å². The van der Waals surface area contributed by atoms with Crippen LogP contribution in [-0.4, -0.2) is 26.1 Å². The van der Waals surface area contributed by atoms with E-state index in [0.717, 1.165) is 11.1 Å². The van der Waals surface area contributed by atoms with Gasteiger partial charge in [-0.15, -0.1) is 5.10 Å². The highest BCUT2D eigenvalue weighted by Gasteiger charge is 2.20. The van der Waals surface area contributed by atoms with E-state index in [4.69, 9.17) is 11.6 Å². The average Bonchev–Trinajstić information content (AvgIpc) is 2.94. The fourth-order valence-corrected chi connectivity index (χ4v) is 2.45. The summed E-state index contributed by atoms with van der Waals surface area (Å²) in [6, 6.07) is 14.9. The Kier molecular flexibility index (Phi) is 4.12. The first-order valence-corrected chi connectivity index (χ1v) is 7.40. The smallest absolute Gasteiger partial charge is 0.358 e. The molecule has 1 N–H and O–H groups in total. The molecule has 0 amide bonds. The predicted octanol–water partition coefficient (Wildman–Crippen LogP) is 3.65. The van der Waals surface area contributed by atoms with Gasteiger partial charge in [0.25, 0.3) is 0 Å². The van der Waals surface area contributed by atoms with Crippen LogP contribution in [0.15, 0.2) is 48.5 Å². The largest absolute Gasteiger partial charge is 0.476 e. The van der Waals surface area contributed by atoms with E-state index in [0.29, 0.717) is 22.8 Å². The second kappa shape index (κ2) is 6.22. The van der Waals surface area contributed by atoms with Crippen molar-refractivity contribution >= 4 is 17.6 Å². The summed E-state index contributed by atoms with van der Waals surface area (Å²) in [5.74, 6) is -1.11. The molecule has 0 aliphatic rings. The number of carboxylic acid groups (broad SMARTS) is 1. The maximum atomic E-state index is 11.4. The van der Waals surface area contributed by atoms with Gasteiger partial charge in [0.15, 0.2) is 5.69 Å². The van der Waals surface area contributed by atoms with Crippen LogP contribution in [0.1, 0.15) is 21.6 Å². The van der Waals surface area contributed by atoms with Crippen molar-refractivity contribution in [1.82, 2.24) is 15.0 Å². The summed E-state index contributed by atoms with van der Waals surface area (Å²) in [5.41, 5.74) is 3.29. The van der Waals surface area contributed by atoms with Gasteiger partial charge in [-0.1, -0.05) is 58.8 Å². The third kappa shape index (κ3) is 3.24. The summed E-state index contributed by atoms with van der Waals surface area (Å²) >= 11 is 5.91. The molecule has 0 fully saturated rings. The van der Waals surface area contributed by atoms with Gasteiger partial charge < -0.3 is 5.11 Å². The van der Waals surface area contributed by atoms with Crippen LogP contribution in [0.5, 0.6) is 0 Å². The lowest BCUT2D eigenvalue weighted by Crippen LogP contribution is -2.06. The molecular weight excluding hydrogens is 314 g/mol. The first-order valence-electron chi connectivity index (χ1n) is 7.03. The molecule has 0 spiro atoms. The van der Waals surface area contributed by atoms with Crippen LogP contribution in [0.2, 0.25) is 5.02 Å².